The molecule has 3 nitrogen and oxygen atoms in total. The van der Waals surface area contributed by atoms with E-state index >= 15 is 0 Å². The third-order valence-corrected chi connectivity index (χ3v) is 5.88. The fourth-order valence-electron chi connectivity index (χ4n) is 2.53. The highest BCUT2D eigenvalue weighted by Crippen LogP contribution is 2.37. The van der Waals surface area contributed by atoms with Crippen LogP contribution in [0.4, 0.5) is 5.69 Å². The molecule has 124 valence electrons. The van der Waals surface area contributed by atoms with Crippen molar-refractivity contribution in [2.24, 2.45) is 0 Å². The highest BCUT2D eigenvalue weighted by atomic mass is 79.9. The van der Waals surface area contributed by atoms with Crippen molar-refractivity contribution in [2.75, 3.05) is 12.8 Å². The third kappa shape index (κ3) is 4.29. The van der Waals surface area contributed by atoms with E-state index < -0.39 is 11.4 Å². The zero-order chi connectivity index (χ0) is 17.2. The van der Waals surface area contributed by atoms with E-state index in [0.717, 1.165) is 15.6 Å². The first-order valence-corrected chi connectivity index (χ1v) is 9.36. The standard InChI is InChI=1S/C18H23BrN2OS/c1-18(2,3)23(22)21(4)17(13-8-6-5-7-9-13)15-12-14(19)10-11-16(15)20/h5-12,17H,20H2,1-4H3. The molecule has 0 saturated carbocycles. The Kier molecular flexibility index (Phi) is 5.79. The van der Waals surface area contributed by atoms with Crippen LogP contribution in [-0.2, 0) is 11.4 Å². The topological polar surface area (TPSA) is 52.3 Å². The van der Waals surface area contributed by atoms with Crippen LogP contribution in [-0.4, -0.2) is 20.7 Å². The van der Waals surface area contributed by atoms with Crippen LogP contribution in [0.2, 0.25) is 0 Å². The molecule has 0 fully saturated rings. The SMILES string of the molecule is CN(C(c1ccccc1)c1cc(Br)ccc1N)[S+]([O-])C(C)(C)C. The molecule has 5 heteroatoms. The van der Waals surface area contributed by atoms with Crippen molar-refractivity contribution >= 4 is 33.0 Å². The molecule has 23 heavy (non-hydrogen) atoms. The molecule has 2 unspecified atom stereocenters. The van der Waals surface area contributed by atoms with Crippen molar-refractivity contribution in [3.63, 3.8) is 0 Å². The molecule has 0 saturated heterocycles. The summed E-state index contributed by atoms with van der Waals surface area (Å²) in [6, 6.07) is 15.7. The van der Waals surface area contributed by atoms with Crippen molar-refractivity contribution in [2.45, 2.75) is 31.6 Å². The molecule has 0 radical (unpaired) electrons. The van der Waals surface area contributed by atoms with Crippen LogP contribution in [0.5, 0.6) is 0 Å². The summed E-state index contributed by atoms with van der Waals surface area (Å²) in [5, 5.41) is 0. The number of hydrogen-bond acceptors (Lipinski definition) is 3. The van der Waals surface area contributed by atoms with E-state index in [1.807, 2.05) is 80.7 Å². The summed E-state index contributed by atoms with van der Waals surface area (Å²) in [4.78, 5) is 0. The van der Waals surface area contributed by atoms with Gasteiger partial charge in [-0.3, -0.25) is 0 Å². The van der Waals surface area contributed by atoms with Crippen LogP contribution >= 0.6 is 15.9 Å². The van der Waals surface area contributed by atoms with Gasteiger partial charge in [0.25, 0.3) is 0 Å². The van der Waals surface area contributed by atoms with E-state index in [-0.39, 0.29) is 10.8 Å². The maximum Gasteiger partial charge on any atom is 0.137 e. The first kappa shape index (κ1) is 18.3. The van der Waals surface area contributed by atoms with Crippen molar-refractivity contribution in [1.29, 1.82) is 0 Å². The lowest BCUT2D eigenvalue weighted by Crippen LogP contribution is -2.43. The predicted molar refractivity (Wildman–Crippen MR) is 102 cm³/mol. The molecule has 2 aromatic carbocycles. The predicted octanol–water partition coefficient (Wildman–Crippen LogP) is 4.51. The van der Waals surface area contributed by atoms with Gasteiger partial charge in [0.2, 0.25) is 0 Å². The number of nitrogen functional groups attached to an aromatic ring is 1. The molecule has 0 aliphatic carbocycles. The van der Waals surface area contributed by atoms with Crippen molar-refractivity contribution in [1.82, 2.24) is 4.31 Å². The van der Waals surface area contributed by atoms with E-state index in [0.29, 0.717) is 5.69 Å². The average Bonchev–Trinajstić information content (AvgIpc) is 2.50. The molecule has 0 spiro atoms. The summed E-state index contributed by atoms with van der Waals surface area (Å²) in [6.45, 7) is 5.93. The smallest absolute Gasteiger partial charge is 0.137 e. The van der Waals surface area contributed by atoms with E-state index in [2.05, 4.69) is 15.9 Å². The zero-order valence-corrected chi connectivity index (χ0v) is 16.3. The fourth-order valence-corrected chi connectivity index (χ4v) is 4.20. The molecule has 0 aromatic heterocycles. The van der Waals surface area contributed by atoms with Crippen molar-refractivity contribution < 1.29 is 4.55 Å². The Morgan fingerprint density at radius 2 is 1.74 bits per heavy atom. The van der Waals surface area contributed by atoms with Crippen LogP contribution in [0.3, 0.4) is 0 Å². The summed E-state index contributed by atoms with van der Waals surface area (Å²) >= 11 is 2.35. The summed E-state index contributed by atoms with van der Waals surface area (Å²) in [5.74, 6) is 0. The maximum absolute atomic E-state index is 12.9. The van der Waals surface area contributed by atoms with Crippen LogP contribution in [0, 0.1) is 0 Å². The molecule has 0 heterocycles. The third-order valence-electron chi connectivity index (χ3n) is 3.61. The molecule has 0 aliphatic rings. The molecular weight excluding hydrogens is 372 g/mol. The van der Waals surface area contributed by atoms with Crippen LogP contribution in [0.25, 0.3) is 0 Å². The van der Waals surface area contributed by atoms with Gasteiger partial charge in [0, 0.05) is 34.1 Å². The second-order valence-electron chi connectivity index (χ2n) is 6.49. The van der Waals surface area contributed by atoms with Gasteiger partial charge < -0.3 is 10.3 Å². The summed E-state index contributed by atoms with van der Waals surface area (Å²) in [5.41, 5.74) is 8.94. The molecule has 2 atom stereocenters. The number of hydrogen-bond donors (Lipinski definition) is 1. The van der Waals surface area contributed by atoms with Crippen LogP contribution in [0.1, 0.15) is 37.9 Å². The minimum absolute atomic E-state index is 0.172. The number of benzene rings is 2. The van der Waals surface area contributed by atoms with E-state index in [9.17, 15) is 4.55 Å². The Morgan fingerprint density at radius 1 is 1.13 bits per heavy atom. The highest BCUT2D eigenvalue weighted by molar-refractivity contribution is 9.10. The molecule has 0 aliphatic heterocycles. The quantitative estimate of drug-likeness (QED) is 0.612. The molecule has 2 aromatic rings. The minimum Gasteiger partial charge on any atom is -0.597 e. The monoisotopic (exact) mass is 394 g/mol. The Hall–Kier alpha value is -1.01. The van der Waals surface area contributed by atoms with Gasteiger partial charge >= 0.3 is 0 Å². The molecule has 0 amide bonds. The first-order valence-electron chi connectivity index (χ1n) is 7.46. The van der Waals surface area contributed by atoms with Gasteiger partial charge in [0.1, 0.15) is 10.8 Å². The van der Waals surface area contributed by atoms with Crippen LogP contribution < -0.4 is 5.73 Å². The summed E-state index contributed by atoms with van der Waals surface area (Å²) in [6.07, 6.45) is 0. The molecular formula is C18H23BrN2OS. The van der Waals surface area contributed by atoms with Gasteiger partial charge in [-0.05, 0) is 44.5 Å². The fraction of sp³-hybridized carbons (Fsp3) is 0.333. The van der Waals surface area contributed by atoms with E-state index in [1.165, 1.54) is 0 Å². The number of nitrogens with zero attached hydrogens (tertiary/aromatic N) is 1. The Balaban J connectivity index is 2.55. The zero-order valence-electron chi connectivity index (χ0n) is 13.9. The summed E-state index contributed by atoms with van der Waals surface area (Å²) < 4.78 is 15.4. The largest absolute Gasteiger partial charge is 0.597 e. The number of nitrogens with two attached hydrogens (primary N) is 1. The van der Waals surface area contributed by atoms with Gasteiger partial charge in [-0.1, -0.05) is 46.3 Å². The Morgan fingerprint density at radius 3 is 2.30 bits per heavy atom. The van der Waals surface area contributed by atoms with Crippen LogP contribution in [0.15, 0.2) is 53.0 Å². The second kappa shape index (κ2) is 7.26. The lowest BCUT2D eigenvalue weighted by molar-refractivity contribution is 0.400. The normalized spacial score (nSPS) is 14.7. The minimum atomic E-state index is -1.17. The molecule has 2 rings (SSSR count). The van der Waals surface area contributed by atoms with Gasteiger partial charge in [-0.2, -0.15) is 0 Å². The van der Waals surface area contributed by atoms with E-state index in [1.54, 1.807) is 0 Å². The van der Waals surface area contributed by atoms with Crippen molar-refractivity contribution in [3.8, 4) is 0 Å². The maximum atomic E-state index is 12.9. The number of rotatable bonds is 4. The second-order valence-corrected chi connectivity index (χ2v) is 9.71. The lowest BCUT2D eigenvalue weighted by Gasteiger charge is -2.35. The van der Waals surface area contributed by atoms with Gasteiger partial charge in [0.05, 0.1) is 0 Å². The number of halogens is 1. The lowest BCUT2D eigenvalue weighted by atomic mass is 9.97. The average molecular weight is 395 g/mol. The van der Waals surface area contributed by atoms with E-state index in [4.69, 9.17) is 5.73 Å². The van der Waals surface area contributed by atoms with Gasteiger partial charge in [0.15, 0.2) is 0 Å². The first-order chi connectivity index (χ1) is 10.7. The van der Waals surface area contributed by atoms with Gasteiger partial charge in [-0.25, -0.2) is 0 Å². The Labute approximate surface area is 150 Å². The summed E-state index contributed by atoms with van der Waals surface area (Å²) in [7, 11) is 1.89. The Bertz CT molecular complexity index is 658. The van der Waals surface area contributed by atoms with Crippen molar-refractivity contribution in [3.05, 3.63) is 64.1 Å². The molecule has 2 N–H and O–H groups in total. The van der Waals surface area contributed by atoms with Gasteiger partial charge in [-0.15, -0.1) is 4.31 Å². The highest BCUT2D eigenvalue weighted by Gasteiger charge is 2.37. The number of anilines is 1. The molecule has 0 bridgehead atoms.